The number of rotatable bonds is 7. The Morgan fingerprint density at radius 3 is 2.50 bits per heavy atom. The minimum absolute atomic E-state index is 0.343. The summed E-state index contributed by atoms with van der Waals surface area (Å²) in [5, 5.41) is 6.55. The van der Waals surface area contributed by atoms with Gasteiger partial charge in [-0.2, -0.15) is 0 Å². The summed E-state index contributed by atoms with van der Waals surface area (Å²) in [6.45, 7) is 8.78. The van der Waals surface area contributed by atoms with E-state index < -0.39 is 0 Å². The van der Waals surface area contributed by atoms with Crippen LogP contribution in [0.1, 0.15) is 45.3 Å². The Balaban J connectivity index is 2.72. The van der Waals surface area contributed by atoms with Gasteiger partial charge in [0, 0.05) is 24.5 Å². The summed E-state index contributed by atoms with van der Waals surface area (Å²) in [5.74, 6) is 0. The molecule has 0 aromatic carbocycles. The SMILES string of the molecule is CCCN(CCC)c1nc(C(C)NC)cs1. The predicted octanol–water partition coefficient (Wildman–Crippen LogP) is 3.05. The van der Waals surface area contributed by atoms with E-state index >= 15 is 0 Å². The van der Waals surface area contributed by atoms with Gasteiger partial charge >= 0.3 is 0 Å². The summed E-state index contributed by atoms with van der Waals surface area (Å²) in [7, 11) is 1.97. The fraction of sp³-hybridized carbons (Fsp3) is 0.750. The molecule has 1 N–H and O–H groups in total. The van der Waals surface area contributed by atoms with Gasteiger partial charge in [-0.25, -0.2) is 4.98 Å². The van der Waals surface area contributed by atoms with Crippen LogP contribution < -0.4 is 10.2 Å². The van der Waals surface area contributed by atoms with E-state index in [4.69, 9.17) is 4.98 Å². The fourth-order valence-corrected chi connectivity index (χ4v) is 2.58. The lowest BCUT2D eigenvalue weighted by Crippen LogP contribution is -2.24. The summed E-state index contributed by atoms with van der Waals surface area (Å²) < 4.78 is 0. The van der Waals surface area contributed by atoms with Crippen molar-refractivity contribution in [1.29, 1.82) is 0 Å². The third-order valence-electron chi connectivity index (χ3n) is 2.64. The molecule has 0 aliphatic carbocycles. The van der Waals surface area contributed by atoms with Crippen LogP contribution in [-0.2, 0) is 0 Å². The molecule has 1 rings (SSSR count). The second kappa shape index (κ2) is 6.86. The van der Waals surface area contributed by atoms with Crippen molar-refractivity contribution in [2.24, 2.45) is 0 Å². The summed E-state index contributed by atoms with van der Waals surface area (Å²) >= 11 is 1.76. The monoisotopic (exact) mass is 241 g/mol. The Kier molecular flexibility index (Phi) is 5.77. The first-order valence-electron chi connectivity index (χ1n) is 6.10. The predicted molar refractivity (Wildman–Crippen MR) is 72.4 cm³/mol. The molecule has 1 aromatic rings. The lowest BCUT2D eigenvalue weighted by molar-refractivity contribution is 0.634. The highest BCUT2D eigenvalue weighted by atomic mass is 32.1. The number of nitrogens with zero attached hydrogens (tertiary/aromatic N) is 2. The van der Waals surface area contributed by atoms with E-state index in [0.29, 0.717) is 6.04 Å². The van der Waals surface area contributed by atoms with Crippen LogP contribution in [0.2, 0.25) is 0 Å². The number of nitrogens with one attached hydrogen (secondary N) is 1. The highest BCUT2D eigenvalue weighted by molar-refractivity contribution is 7.13. The maximum atomic E-state index is 4.70. The van der Waals surface area contributed by atoms with Crippen molar-refractivity contribution >= 4 is 16.5 Å². The van der Waals surface area contributed by atoms with Crippen LogP contribution in [0.3, 0.4) is 0 Å². The molecule has 4 heteroatoms. The van der Waals surface area contributed by atoms with E-state index in [2.05, 4.69) is 36.4 Å². The van der Waals surface area contributed by atoms with Gasteiger partial charge in [0.1, 0.15) is 0 Å². The minimum Gasteiger partial charge on any atom is -0.348 e. The Labute approximate surface area is 103 Å². The molecule has 3 nitrogen and oxygen atoms in total. The number of thiazole rings is 1. The molecule has 0 aliphatic rings. The molecule has 1 heterocycles. The zero-order valence-electron chi connectivity index (χ0n) is 10.8. The van der Waals surface area contributed by atoms with Crippen LogP contribution in [0.15, 0.2) is 5.38 Å². The Morgan fingerprint density at radius 1 is 1.38 bits per heavy atom. The van der Waals surface area contributed by atoms with E-state index in [9.17, 15) is 0 Å². The van der Waals surface area contributed by atoms with Crippen LogP contribution in [0, 0.1) is 0 Å². The topological polar surface area (TPSA) is 28.2 Å². The van der Waals surface area contributed by atoms with Gasteiger partial charge in [-0.15, -0.1) is 11.3 Å². The van der Waals surface area contributed by atoms with Gasteiger partial charge in [-0.1, -0.05) is 13.8 Å². The second-order valence-corrected chi connectivity index (χ2v) is 4.89. The van der Waals surface area contributed by atoms with E-state index in [1.165, 1.54) is 18.0 Å². The largest absolute Gasteiger partial charge is 0.348 e. The van der Waals surface area contributed by atoms with E-state index in [1.54, 1.807) is 11.3 Å². The van der Waals surface area contributed by atoms with Crippen molar-refractivity contribution in [2.45, 2.75) is 39.7 Å². The normalized spacial score (nSPS) is 12.8. The zero-order valence-corrected chi connectivity index (χ0v) is 11.6. The van der Waals surface area contributed by atoms with Crippen molar-refractivity contribution in [3.8, 4) is 0 Å². The summed E-state index contributed by atoms with van der Waals surface area (Å²) in [5.41, 5.74) is 1.15. The molecule has 0 fully saturated rings. The maximum Gasteiger partial charge on any atom is 0.185 e. The van der Waals surface area contributed by atoms with Crippen molar-refractivity contribution < 1.29 is 0 Å². The standard InChI is InChI=1S/C12H23N3S/c1-5-7-15(8-6-2)12-14-11(9-16-12)10(3)13-4/h9-10,13H,5-8H2,1-4H3. The van der Waals surface area contributed by atoms with Gasteiger partial charge in [0.15, 0.2) is 5.13 Å². The van der Waals surface area contributed by atoms with Gasteiger partial charge in [0.2, 0.25) is 0 Å². The smallest absolute Gasteiger partial charge is 0.185 e. The van der Waals surface area contributed by atoms with E-state index in [1.807, 2.05) is 7.05 Å². The van der Waals surface area contributed by atoms with Crippen molar-refractivity contribution in [3.63, 3.8) is 0 Å². The zero-order chi connectivity index (χ0) is 12.0. The first-order chi connectivity index (χ1) is 7.72. The Hall–Kier alpha value is -0.610. The molecule has 0 amide bonds. The van der Waals surface area contributed by atoms with E-state index in [0.717, 1.165) is 18.8 Å². The molecular weight excluding hydrogens is 218 g/mol. The lowest BCUT2D eigenvalue weighted by Gasteiger charge is -2.20. The maximum absolute atomic E-state index is 4.70. The highest BCUT2D eigenvalue weighted by Gasteiger charge is 2.12. The molecule has 92 valence electrons. The van der Waals surface area contributed by atoms with Gasteiger partial charge in [0.05, 0.1) is 5.69 Å². The van der Waals surface area contributed by atoms with Crippen LogP contribution in [0.5, 0.6) is 0 Å². The highest BCUT2D eigenvalue weighted by Crippen LogP contribution is 2.24. The average Bonchev–Trinajstić information content (AvgIpc) is 2.77. The lowest BCUT2D eigenvalue weighted by atomic mass is 10.3. The first kappa shape index (κ1) is 13.5. The van der Waals surface area contributed by atoms with Crippen molar-refractivity contribution in [1.82, 2.24) is 10.3 Å². The molecule has 0 saturated carbocycles. The summed E-state index contributed by atoms with van der Waals surface area (Å²) in [6.07, 6.45) is 2.35. The van der Waals surface area contributed by atoms with Gasteiger partial charge in [-0.05, 0) is 26.8 Å². The van der Waals surface area contributed by atoms with Gasteiger partial charge in [-0.3, -0.25) is 0 Å². The molecule has 1 aromatic heterocycles. The van der Waals surface area contributed by atoms with Crippen LogP contribution in [0.4, 0.5) is 5.13 Å². The first-order valence-corrected chi connectivity index (χ1v) is 6.98. The number of hydrogen-bond donors (Lipinski definition) is 1. The molecule has 1 atom stereocenters. The third kappa shape index (κ3) is 3.46. The van der Waals surface area contributed by atoms with Crippen LogP contribution in [0.25, 0.3) is 0 Å². The number of anilines is 1. The molecular formula is C12H23N3S. The Bertz CT molecular complexity index is 292. The third-order valence-corrected chi connectivity index (χ3v) is 3.56. The number of hydrogen-bond acceptors (Lipinski definition) is 4. The molecule has 0 aliphatic heterocycles. The minimum atomic E-state index is 0.343. The van der Waals surface area contributed by atoms with E-state index in [-0.39, 0.29) is 0 Å². The van der Waals surface area contributed by atoms with Crippen LogP contribution >= 0.6 is 11.3 Å². The summed E-state index contributed by atoms with van der Waals surface area (Å²) in [4.78, 5) is 7.09. The van der Waals surface area contributed by atoms with Crippen molar-refractivity contribution in [3.05, 3.63) is 11.1 Å². The second-order valence-electron chi connectivity index (χ2n) is 4.05. The Morgan fingerprint density at radius 2 is 2.00 bits per heavy atom. The average molecular weight is 241 g/mol. The fourth-order valence-electron chi connectivity index (χ4n) is 1.61. The van der Waals surface area contributed by atoms with Gasteiger partial charge in [0.25, 0.3) is 0 Å². The van der Waals surface area contributed by atoms with Crippen LogP contribution in [-0.4, -0.2) is 25.1 Å². The molecule has 0 spiro atoms. The molecule has 0 bridgehead atoms. The molecule has 0 radical (unpaired) electrons. The van der Waals surface area contributed by atoms with Crippen molar-refractivity contribution in [2.75, 3.05) is 25.0 Å². The molecule has 1 unspecified atom stereocenters. The molecule has 16 heavy (non-hydrogen) atoms. The quantitative estimate of drug-likeness (QED) is 0.795. The summed E-state index contributed by atoms with van der Waals surface area (Å²) in [6, 6.07) is 0.343. The molecule has 0 saturated heterocycles. The number of aromatic nitrogens is 1. The van der Waals surface area contributed by atoms with Gasteiger partial charge < -0.3 is 10.2 Å².